The molecule has 0 aromatic heterocycles. The van der Waals surface area contributed by atoms with Gasteiger partial charge >= 0.3 is 0 Å². The van der Waals surface area contributed by atoms with E-state index in [-0.39, 0.29) is 0 Å². The van der Waals surface area contributed by atoms with Crippen molar-refractivity contribution in [3.63, 3.8) is 0 Å². The molecule has 0 amide bonds. The molecule has 2 N–H and O–H groups in total. The lowest BCUT2D eigenvalue weighted by atomic mass is 10.5. The van der Waals surface area contributed by atoms with Crippen LogP contribution in [0.2, 0.25) is 0 Å². The molecule has 0 saturated carbocycles. The lowest BCUT2D eigenvalue weighted by Gasteiger charge is -1.93. The molecule has 0 aromatic carbocycles. The van der Waals surface area contributed by atoms with Crippen molar-refractivity contribution < 1.29 is 0 Å². The van der Waals surface area contributed by atoms with Crippen LogP contribution in [-0.4, -0.2) is 13.1 Å². The lowest BCUT2D eigenvalue weighted by molar-refractivity contribution is 0.773. The van der Waals surface area contributed by atoms with E-state index in [0.29, 0.717) is 0 Å². The van der Waals surface area contributed by atoms with Crippen molar-refractivity contribution in [3.8, 4) is 0 Å². The van der Waals surface area contributed by atoms with E-state index in [1.54, 1.807) is 0 Å². The molecule has 2 nitrogen and oxygen atoms in total. The normalized spacial score (nSPS) is 21.7. The summed E-state index contributed by atoms with van der Waals surface area (Å²) in [6.07, 6.45) is 4.19. The van der Waals surface area contributed by atoms with Crippen LogP contribution in [0.15, 0.2) is 12.2 Å². The largest absolute Gasteiger partial charge is 0.296 e. The van der Waals surface area contributed by atoms with Crippen molar-refractivity contribution in [2.75, 3.05) is 13.1 Å². The van der Waals surface area contributed by atoms with E-state index in [2.05, 4.69) is 22.8 Å². The summed E-state index contributed by atoms with van der Waals surface area (Å²) in [4.78, 5) is 0. The summed E-state index contributed by atoms with van der Waals surface area (Å²) in [5.74, 6) is 0. The molecule has 1 aliphatic heterocycles. The average Bonchev–Trinajstić information content (AvgIpc) is 1.90. The predicted molar refractivity (Wildman–Crippen MR) is 29.4 cm³/mol. The van der Waals surface area contributed by atoms with E-state index < -0.39 is 0 Å². The van der Waals surface area contributed by atoms with Gasteiger partial charge in [0.15, 0.2) is 0 Å². The van der Waals surface area contributed by atoms with Crippen LogP contribution in [0.3, 0.4) is 0 Å². The third-order valence-electron chi connectivity index (χ3n) is 0.842. The first-order chi connectivity index (χ1) is 3.50. The van der Waals surface area contributed by atoms with Crippen molar-refractivity contribution >= 4 is 0 Å². The standard InChI is InChI=1S/C5H9N2/c1-2-4-7-5-6-3-1/h1-2,5-7H,3-4H2. The third kappa shape index (κ3) is 1.71. The van der Waals surface area contributed by atoms with E-state index in [9.17, 15) is 0 Å². The molecule has 1 aliphatic rings. The molecule has 0 saturated heterocycles. The Morgan fingerprint density at radius 3 is 2.14 bits per heavy atom. The fourth-order valence-corrected chi connectivity index (χ4v) is 0.493. The first-order valence-corrected chi connectivity index (χ1v) is 2.43. The van der Waals surface area contributed by atoms with Gasteiger partial charge in [0.1, 0.15) is 0 Å². The molecule has 0 bridgehead atoms. The zero-order valence-corrected chi connectivity index (χ0v) is 4.15. The maximum absolute atomic E-state index is 3.02. The van der Waals surface area contributed by atoms with E-state index >= 15 is 0 Å². The van der Waals surface area contributed by atoms with Crippen LogP contribution in [0.5, 0.6) is 0 Å². The summed E-state index contributed by atoms with van der Waals surface area (Å²) in [7, 11) is 0. The molecular formula is C5H9N2. The van der Waals surface area contributed by atoms with Crippen molar-refractivity contribution in [2.24, 2.45) is 0 Å². The van der Waals surface area contributed by atoms with Crippen LogP contribution in [0.1, 0.15) is 0 Å². The van der Waals surface area contributed by atoms with Crippen molar-refractivity contribution in [2.45, 2.75) is 0 Å². The smallest absolute Gasteiger partial charge is 0.0871 e. The average molecular weight is 97.1 g/mol. The number of nitrogens with one attached hydrogen (secondary N) is 2. The second kappa shape index (κ2) is 2.77. The molecule has 0 fully saturated rings. The second-order valence-corrected chi connectivity index (χ2v) is 1.43. The van der Waals surface area contributed by atoms with Gasteiger partial charge in [-0.1, -0.05) is 12.2 Å². The minimum absolute atomic E-state index is 0.951. The highest BCUT2D eigenvalue weighted by atomic mass is 15.1. The van der Waals surface area contributed by atoms with E-state index in [4.69, 9.17) is 0 Å². The van der Waals surface area contributed by atoms with Gasteiger partial charge < -0.3 is 0 Å². The summed E-state index contributed by atoms with van der Waals surface area (Å²) in [6, 6.07) is 0. The summed E-state index contributed by atoms with van der Waals surface area (Å²) in [5.41, 5.74) is 0. The second-order valence-electron chi connectivity index (χ2n) is 1.43. The highest BCUT2D eigenvalue weighted by Crippen LogP contribution is 1.74. The van der Waals surface area contributed by atoms with E-state index in [0.717, 1.165) is 13.1 Å². The van der Waals surface area contributed by atoms with Gasteiger partial charge in [0, 0.05) is 13.1 Å². The van der Waals surface area contributed by atoms with Gasteiger partial charge in [-0.25, -0.2) is 0 Å². The molecule has 0 spiro atoms. The Kier molecular flexibility index (Phi) is 1.90. The minimum atomic E-state index is 0.951. The molecule has 0 aliphatic carbocycles. The number of hydrogen-bond acceptors (Lipinski definition) is 2. The minimum Gasteiger partial charge on any atom is -0.296 e. The Bertz CT molecular complexity index is 60.5. The Morgan fingerprint density at radius 2 is 1.57 bits per heavy atom. The summed E-state index contributed by atoms with van der Waals surface area (Å²) >= 11 is 0. The highest BCUT2D eigenvalue weighted by molar-refractivity contribution is 4.90. The lowest BCUT2D eigenvalue weighted by Crippen LogP contribution is -2.19. The van der Waals surface area contributed by atoms with Gasteiger partial charge in [-0.15, -0.1) is 0 Å². The molecule has 2 heteroatoms. The van der Waals surface area contributed by atoms with Crippen LogP contribution >= 0.6 is 0 Å². The Labute approximate surface area is 43.6 Å². The molecule has 0 atom stereocenters. The van der Waals surface area contributed by atoms with Crippen LogP contribution in [-0.2, 0) is 0 Å². The monoisotopic (exact) mass is 97.1 g/mol. The predicted octanol–water partition coefficient (Wildman–Crippen LogP) is -0.145. The Balaban J connectivity index is 2.20. The van der Waals surface area contributed by atoms with E-state index in [1.165, 1.54) is 0 Å². The molecule has 7 heavy (non-hydrogen) atoms. The SMILES string of the molecule is [CH]1NCC=CCN1. The molecule has 0 unspecified atom stereocenters. The zero-order chi connectivity index (χ0) is 4.95. The van der Waals surface area contributed by atoms with Gasteiger partial charge in [0.05, 0.1) is 6.67 Å². The molecule has 0 aromatic rings. The topological polar surface area (TPSA) is 24.1 Å². The summed E-state index contributed by atoms with van der Waals surface area (Å²) < 4.78 is 0. The van der Waals surface area contributed by atoms with Gasteiger partial charge in [-0.3, -0.25) is 10.6 Å². The van der Waals surface area contributed by atoms with Crippen LogP contribution in [0.25, 0.3) is 0 Å². The van der Waals surface area contributed by atoms with Gasteiger partial charge in [-0.2, -0.15) is 0 Å². The molecule has 39 valence electrons. The molecule has 1 heterocycles. The first-order valence-electron chi connectivity index (χ1n) is 2.43. The maximum Gasteiger partial charge on any atom is 0.0871 e. The fraction of sp³-hybridized carbons (Fsp3) is 0.400. The van der Waals surface area contributed by atoms with E-state index in [1.807, 2.05) is 6.67 Å². The van der Waals surface area contributed by atoms with Gasteiger partial charge in [0.25, 0.3) is 0 Å². The zero-order valence-electron chi connectivity index (χ0n) is 4.15. The fourth-order valence-electron chi connectivity index (χ4n) is 0.493. The Hall–Kier alpha value is -0.340. The molecule has 1 radical (unpaired) electrons. The number of hydrogen-bond donors (Lipinski definition) is 2. The third-order valence-corrected chi connectivity index (χ3v) is 0.842. The molecule has 1 rings (SSSR count). The van der Waals surface area contributed by atoms with Crippen LogP contribution in [0, 0.1) is 6.67 Å². The summed E-state index contributed by atoms with van der Waals surface area (Å²) in [6.45, 7) is 3.76. The molecular weight excluding hydrogens is 88.1 g/mol. The van der Waals surface area contributed by atoms with Gasteiger partial charge in [-0.05, 0) is 0 Å². The first kappa shape index (κ1) is 4.81. The van der Waals surface area contributed by atoms with Crippen molar-refractivity contribution in [1.82, 2.24) is 10.6 Å². The highest BCUT2D eigenvalue weighted by Gasteiger charge is 1.85. The van der Waals surface area contributed by atoms with Crippen LogP contribution in [0.4, 0.5) is 0 Å². The maximum atomic E-state index is 3.02. The van der Waals surface area contributed by atoms with Crippen molar-refractivity contribution in [1.29, 1.82) is 0 Å². The summed E-state index contributed by atoms with van der Waals surface area (Å²) in [5, 5.41) is 6.05. The van der Waals surface area contributed by atoms with Gasteiger partial charge in [0.2, 0.25) is 0 Å². The van der Waals surface area contributed by atoms with Crippen LogP contribution < -0.4 is 10.6 Å². The number of rotatable bonds is 0. The van der Waals surface area contributed by atoms with Crippen molar-refractivity contribution in [3.05, 3.63) is 18.8 Å². The Morgan fingerprint density at radius 1 is 1.00 bits per heavy atom. The quantitative estimate of drug-likeness (QED) is 0.411.